The lowest BCUT2D eigenvalue weighted by molar-refractivity contribution is 0.224. The highest BCUT2D eigenvalue weighted by Crippen LogP contribution is 2.44. The van der Waals surface area contributed by atoms with Crippen molar-refractivity contribution < 1.29 is 4.74 Å². The van der Waals surface area contributed by atoms with Gasteiger partial charge in [0, 0.05) is 17.5 Å². The van der Waals surface area contributed by atoms with E-state index >= 15 is 0 Å². The minimum Gasteiger partial charge on any atom is -0.491 e. The number of hydrogen-bond acceptors (Lipinski definition) is 2. The van der Waals surface area contributed by atoms with Crippen molar-refractivity contribution in [2.45, 2.75) is 64.4 Å². The van der Waals surface area contributed by atoms with Crippen LogP contribution in [0.4, 0.5) is 0 Å². The summed E-state index contributed by atoms with van der Waals surface area (Å²) in [5.41, 5.74) is 9.01. The summed E-state index contributed by atoms with van der Waals surface area (Å²) >= 11 is 0. The van der Waals surface area contributed by atoms with Gasteiger partial charge in [-0.2, -0.15) is 0 Å². The summed E-state index contributed by atoms with van der Waals surface area (Å²) in [6, 6.07) is 6.38. The Morgan fingerprint density at radius 1 is 1.21 bits per heavy atom. The van der Waals surface area contributed by atoms with Gasteiger partial charge in [0.25, 0.3) is 0 Å². The highest BCUT2D eigenvalue weighted by atomic mass is 16.5. The number of ether oxygens (including phenoxy) is 1. The molecule has 1 saturated carbocycles. The standard InChI is InChI=1S/C17H27NO/c1-13(2)19-15-9-7-8-14(3)16(15)17(12-18)10-5-4-6-11-17/h7-9,13H,4-6,10-12,18H2,1-3H3. The molecule has 0 bridgehead atoms. The van der Waals surface area contributed by atoms with Gasteiger partial charge in [0.1, 0.15) is 5.75 Å². The van der Waals surface area contributed by atoms with Crippen LogP contribution in [0.1, 0.15) is 57.1 Å². The van der Waals surface area contributed by atoms with Crippen LogP contribution in [0, 0.1) is 6.92 Å². The van der Waals surface area contributed by atoms with Crippen LogP contribution in [-0.4, -0.2) is 12.6 Å². The first-order valence-corrected chi connectivity index (χ1v) is 7.56. The molecule has 0 aromatic heterocycles. The van der Waals surface area contributed by atoms with Crippen molar-refractivity contribution in [2.75, 3.05) is 6.54 Å². The third kappa shape index (κ3) is 2.94. The summed E-state index contributed by atoms with van der Waals surface area (Å²) in [5, 5.41) is 0. The van der Waals surface area contributed by atoms with E-state index in [9.17, 15) is 0 Å². The topological polar surface area (TPSA) is 35.2 Å². The Balaban J connectivity index is 2.45. The lowest BCUT2D eigenvalue weighted by atomic mass is 9.68. The van der Waals surface area contributed by atoms with E-state index in [1.54, 1.807) is 0 Å². The van der Waals surface area contributed by atoms with Crippen LogP contribution >= 0.6 is 0 Å². The smallest absolute Gasteiger partial charge is 0.123 e. The van der Waals surface area contributed by atoms with Crippen molar-refractivity contribution in [1.29, 1.82) is 0 Å². The molecule has 0 radical (unpaired) electrons. The maximum absolute atomic E-state index is 6.18. The first-order valence-electron chi connectivity index (χ1n) is 7.56. The largest absolute Gasteiger partial charge is 0.491 e. The number of aryl methyl sites for hydroxylation is 1. The van der Waals surface area contributed by atoms with Gasteiger partial charge >= 0.3 is 0 Å². The van der Waals surface area contributed by atoms with Crippen molar-refractivity contribution in [3.8, 4) is 5.75 Å². The highest BCUT2D eigenvalue weighted by Gasteiger charge is 2.36. The van der Waals surface area contributed by atoms with Crippen LogP contribution in [0.25, 0.3) is 0 Å². The molecule has 1 aliphatic carbocycles. The van der Waals surface area contributed by atoms with E-state index in [0.717, 1.165) is 12.3 Å². The second-order valence-corrected chi connectivity index (χ2v) is 6.16. The number of rotatable bonds is 4. The Morgan fingerprint density at radius 3 is 2.47 bits per heavy atom. The second kappa shape index (κ2) is 5.96. The van der Waals surface area contributed by atoms with E-state index in [4.69, 9.17) is 10.5 Å². The van der Waals surface area contributed by atoms with E-state index in [1.165, 1.54) is 43.2 Å². The van der Waals surface area contributed by atoms with Gasteiger partial charge in [-0.1, -0.05) is 31.4 Å². The molecule has 2 rings (SSSR count). The van der Waals surface area contributed by atoms with Gasteiger partial charge in [-0.05, 0) is 45.2 Å². The predicted molar refractivity (Wildman–Crippen MR) is 80.8 cm³/mol. The van der Waals surface area contributed by atoms with Gasteiger partial charge in [-0.15, -0.1) is 0 Å². The van der Waals surface area contributed by atoms with Gasteiger partial charge in [0.2, 0.25) is 0 Å². The fourth-order valence-corrected chi connectivity index (χ4v) is 3.46. The van der Waals surface area contributed by atoms with Crippen molar-refractivity contribution in [3.05, 3.63) is 29.3 Å². The molecule has 0 saturated heterocycles. The summed E-state index contributed by atoms with van der Waals surface area (Å²) in [4.78, 5) is 0. The molecule has 19 heavy (non-hydrogen) atoms. The molecule has 2 N–H and O–H groups in total. The van der Waals surface area contributed by atoms with Crippen LogP contribution in [0.3, 0.4) is 0 Å². The lowest BCUT2D eigenvalue weighted by Gasteiger charge is -2.39. The monoisotopic (exact) mass is 261 g/mol. The summed E-state index contributed by atoms with van der Waals surface area (Å²) in [6.07, 6.45) is 6.51. The van der Waals surface area contributed by atoms with E-state index in [0.29, 0.717) is 0 Å². The fraction of sp³-hybridized carbons (Fsp3) is 0.647. The first-order chi connectivity index (χ1) is 9.09. The fourth-order valence-electron chi connectivity index (χ4n) is 3.46. The quantitative estimate of drug-likeness (QED) is 0.891. The molecule has 0 unspecified atom stereocenters. The van der Waals surface area contributed by atoms with E-state index in [-0.39, 0.29) is 11.5 Å². The molecule has 106 valence electrons. The number of benzene rings is 1. The van der Waals surface area contributed by atoms with E-state index < -0.39 is 0 Å². The summed E-state index contributed by atoms with van der Waals surface area (Å²) in [6.45, 7) is 7.09. The molecule has 1 aromatic carbocycles. The number of hydrogen-bond donors (Lipinski definition) is 1. The summed E-state index contributed by atoms with van der Waals surface area (Å²) in [5.74, 6) is 1.04. The molecule has 2 heteroatoms. The molecule has 0 spiro atoms. The van der Waals surface area contributed by atoms with Gasteiger partial charge in [-0.25, -0.2) is 0 Å². The Morgan fingerprint density at radius 2 is 1.89 bits per heavy atom. The van der Waals surface area contributed by atoms with Crippen LogP contribution in [0.2, 0.25) is 0 Å². The molecular weight excluding hydrogens is 234 g/mol. The van der Waals surface area contributed by atoms with Crippen molar-refractivity contribution in [2.24, 2.45) is 5.73 Å². The summed E-state index contributed by atoms with van der Waals surface area (Å²) in [7, 11) is 0. The molecule has 1 aromatic rings. The minimum atomic E-state index is 0.133. The Bertz CT molecular complexity index is 419. The van der Waals surface area contributed by atoms with Gasteiger partial charge in [0.15, 0.2) is 0 Å². The SMILES string of the molecule is Cc1cccc(OC(C)C)c1C1(CN)CCCCC1. The molecule has 0 atom stereocenters. The van der Waals surface area contributed by atoms with E-state index in [2.05, 4.69) is 39.0 Å². The lowest BCUT2D eigenvalue weighted by Crippen LogP contribution is -2.38. The maximum Gasteiger partial charge on any atom is 0.123 e. The second-order valence-electron chi connectivity index (χ2n) is 6.16. The highest BCUT2D eigenvalue weighted by molar-refractivity contribution is 5.46. The minimum absolute atomic E-state index is 0.133. The molecule has 1 aliphatic rings. The summed E-state index contributed by atoms with van der Waals surface area (Å²) < 4.78 is 6.05. The molecule has 2 nitrogen and oxygen atoms in total. The van der Waals surface area contributed by atoms with Crippen LogP contribution in [0.15, 0.2) is 18.2 Å². The van der Waals surface area contributed by atoms with Gasteiger partial charge < -0.3 is 10.5 Å². The van der Waals surface area contributed by atoms with Gasteiger partial charge in [0.05, 0.1) is 6.10 Å². The van der Waals surface area contributed by atoms with Crippen LogP contribution in [-0.2, 0) is 5.41 Å². The van der Waals surface area contributed by atoms with E-state index in [1.807, 2.05) is 0 Å². The van der Waals surface area contributed by atoms with Crippen LogP contribution in [0.5, 0.6) is 5.75 Å². The molecule has 0 heterocycles. The third-order valence-corrected chi connectivity index (χ3v) is 4.33. The van der Waals surface area contributed by atoms with Crippen molar-refractivity contribution in [3.63, 3.8) is 0 Å². The Labute approximate surface area is 117 Å². The zero-order valence-electron chi connectivity index (χ0n) is 12.5. The predicted octanol–water partition coefficient (Wildman–Crippen LogP) is 3.94. The average molecular weight is 261 g/mol. The van der Waals surface area contributed by atoms with Gasteiger partial charge in [-0.3, -0.25) is 0 Å². The third-order valence-electron chi connectivity index (χ3n) is 4.33. The zero-order valence-corrected chi connectivity index (χ0v) is 12.5. The van der Waals surface area contributed by atoms with Crippen molar-refractivity contribution >= 4 is 0 Å². The molecule has 1 fully saturated rings. The average Bonchev–Trinajstić information content (AvgIpc) is 2.39. The number of nitrogens with two attached hydrogens (primary N) is 1. The normalized spacial score (nSPS) is 18.6. The Hall–Kier alpha value is -1.02. The maximum atomic E-state index is 6.18. The molecule has 0 aliphatic heterocycles. The Kier molecular flexibility index (Phi) is 4.51. The molecular formula is C17H27NO. The van der Waals surface area contributed by atoms with Crippen molar-refractivity contribution in [1.82, 2.24) is 0 Å². The first kappa shape index (κ1) is 14.4. The zero-order chi connectivity index (χ0) is 13.9. The molecule has 0 amide bonds. The van der Waals surface area contributed by atoms with Crippen LogP contribution < -0.4 is 10.5 Å².